The molecular formula is C14H9Cl3N2O. The quantitative estimate of drug-likeness (QED) is 0.658. The molecule has 1 amide bonds. The predicted molar refractivity (Wildman–Crippen MR) is 83.0 cm³/mol. The molecule has 0 aliphatic rings. The zero-order valence-electron chi connectivity index (χ0n) is 10.1. The van der Waals surface area contributed by atoms with Gasteiger partial charge in [0, 0.05) is 21.2 Å². The highest BCUT2D eigenvalue weighted by molar-refractivity contribution is 6.36. The molecule has 0 heterocycles. The Kier molecular flexibility index (Phi) is 5.01. The lowest BCUT2D eigenvalue weighted by Gasteiger charge is -2.01. The van der Waals surface area contributed by atoms with Gasteiger partial charge in [-0.2, -0.15) is 5.10 Å². The van der Waals surface area contributed by atoms with E-state index in [0.717, 1.165) is 0 Å². The Labute approximate surface area is 131 Å². The molecule has 6 heteroatoms. The van der Waals surface area contributed by atoms with Gasteiger partial charge in [0.05, 0.1) is 11.2 Å². The molecule has 0 bridgehead atoms. The Morgan fingerprint density at radius 2 is 1.80 bits per heavy atom. The van der Waals surface area contributed by atoms with Crippen LogP contribution in [0.15, 0.2) is 47.6 Å². The van der Waals surface area contributed by atoms with Crippen LogP contribution in [0.3, 0.4) is 0 Å². The van der Waals surface area contributed by atoms with Crippen LogP contribution in [-0.2, 0) is 0 Å². The monoisotopic (exact) mass is 326 g/mol. The third-order valence-corrected chi connectivity index (χ3v) is 3.22. The predicted octanol–water partition coefficient (Wildman–Crippen LogP) is 4.41. The van der Waals surface area contributed by atoms with Gasteiger partial charge in [-0.25, -0.2) is 5.43 Å². The third-order valence-electron chi connectivity index (χ3n) is 2.42. The van der Waals surface area contributed by atoms with Gasteiger partial charge >= 0.3 is 0 Å². The van der Waals surface area contributed by atoms with Gasteiger partial charge in [0.25, 0.3) is 5.91 Å². The number of nitrogens with zero attached hydrogens (tertiary/aromatic N) is 1. The molecule has 2 aromatic carbocycles. The van der Waals surface area contributed by atoms with Crippen LogP contribution in [0.25, 0.3) is 0 Å². The molecule has 0 saturated heterocycles. The number of carbonyl (C=O) groups is 1. The number of halogens is 3. The van der Waals surface area contributed by atoms with Crippen molar-refractivity contribution in [3.05, 3.63) is 68.7 Å². The van der Waals surface area contributed by atoms with Crippen molar-refractivity contribution >= 4 is 46.9 Å². The van der Waals surface area contributed by atoms with E-state index in [0.29, 0.717) is 26.2 Å². The molecule has 3 nitrogen and oxygen atoms in total. The molecule has 102 valence electrons. The molecule has 0 fully saturated rings. The largest absolute Gasteiger partial charge is 0.271 e. The number of amides is 1. The summed E-state index contributed by atoms with van der Waals surface area (Å²) in [5, 5.41) is 5.33. The minimum absolute atomic E-state index is 0.353. The van der Waals surface area contributed by atoms with Crippen molar-refractivity contribution in [3.8, 4) is 0 Å². The van der Waals surface area contributed by atoms with Crippen molar-refractivity contribution in [1.82, 2.24) is 5.43 Å². The van der Waals surface area contributed by atoms with Crippen LogP contribution >= 0.6 is 34.8 Å². The second kappa shape index (κ2) is 6.75. The number of hydrazone groups is 1. The van der Waals surface area contributed by atoms with E-state index in [1.807, 2.05) is 0 Å². The number of benzene rings is 2. The molecule has 1 N–H and O–H groups in total. The minimum Gasteiger partial charge on any atom is -0.267 e. The smallest absolute Gasteiger partial charge is 0.267 e. The Bertz CT molecular complexity index is 671. The molecule has 0 radical (unpaired) electrons. The number of hydrogen-bond acceptors (Lipinski definition) is 2. The Hall–Kier alpha value is -1.55. The van der Waals surface area contributed by atoms with Crippen LogP contribution in [0.5, 0.6) is 0 Å². The highest BCUT2D eigenvalue weighted by Crippen LogP contribution is 2.19. The third kappa shape index (κ3) is 3.97. The first-order valence-electron chi connectivity index (χ1n) is 5.60. The average Bonchev–Trinajstić information content (AvgIpc) is 2.41. The summed E-state index contributed by atoms with van der Waals surface area (Å²) in [6.07, 6.45) is 1.45. The summed E-state index contributed by atoms with van der Waals surface area (Å²) in [5.74, 6) is -0.353. The standard InChI is InChI=1S/C14H9Cl3N2O/c15-11-3-1-2-9(6-11)14(20)19-18-8-10-4-5-12(16)7-13(10)17/h1-8H,(H,19,20)/b18-8-. The van der Waals surface area contributed by atoms with Gasteiger partial charge in [0.2, 0.25) is 0 Å². The topological polar surface area (TPSA) is 41.5 Å². The maximum atomic E-state index is 11.8. The molecule has 20 heavy (non-hydrogen) atoms. The van der Waals surface area contributed by atoms with Gasteiger partial charge in [-0.15, -0.1) is 0 Å². The number of hydrogen-bond donors (Lipinski definition) is 1. The summed E-state index contributed by atoms with van der Waals surface area (Å²) in [6.45, 7) is 0. The van der Waals surface area contributed by atoms with Crippen LogP contribution in [0.1, 0.15) is 15.9 Å². The molecule has 0 aromatic heterocycles. The Morgan fingerprint density at radius 3 is 2.50 bits per heavy atom. The molecule has 0 spiro atoms. The highest BCUT2D eigenvalue weighted by Gasteiger charge is 2.04. The fourth-order valence-electron chi connectivity index (χ4n) is 1.46. The molecular weight excluding hydrogens is 319 g/mol. The van der Waals surface area contributed by atoms with E-state index in [9.17, 15) is 4.79 Å². The lowest BCUT2D eigenvalue weighted by atomic mass is 10.2. The normalized spacial score (nSPS) is 10.8. The summed E-state index contributed by atoms with van der Waals surface area (Å²) in [7, 11) is 0. The second-order valence-electron chi connectivity index (χ2n) is 3.88. The summed E-state index contributed by atoms with van der Waals surface area (Å²) in [5.41, 5.74) is 3.48. The Morgan fingerprint density at radius 1 is 1.05 bits per heavy atom. The van der Waals surface area contributed by atoms with E-state index < -0.39 is 0 Å². The van der Waals surface area contributed by atoms with Crippen LogP contribution in [-0.4, -0.2) is 12.1 Å². The van der Waals surface area contributed by atoms with Gasteiger partial charge < -0.3 is 0 Å². The fourth-order valence-corrected chi connectivity index (χ4v) is 2.11. The molecule has 0 unspecified atom stereocenters. The van der Waals surface area contributed by atoms with Crippen molar-refractivity contribution in [2.75, 3.05) is 0 Å². The molecule has 2 aromatic rings. The van der Waals surface area contributed by atoms with Crippen molar-refractivity contribution in [2.45, 2.75) is 0 Å². The lowest BCUT2D eigenvalue weighted by molar-refractivity contribution is 0.0955. The zero-order chi connectivity index (χ0) is 14.5. The van der Waals surface area contributed by atoms with Crippen LogP contribution in [0.2, 0.25) is 15.1 Å². The average molecular weight is 328 g/mol. The van der Waals surface area contributed by atoms with Crippen molar-refractivity contribution in [3.63, 3.8) is 0 Å². The number of nitrogens with one attached hydrogen (secondary N) is 1. The second-order valence-corrected chi connectivity index (χ2v) is 5.16. The van der Waals surface area contributed by atoms with Gasteiger partial charge in [-0.3, -0.25) is 4.79 Å². The summed E-state index contributed by atoms with van der Waals surface area (Å²) < 4.78 is 0. The number of carbonyl (C=O) groups excluding carboxylic acids is 1. The van der Waals surface area contributed by atoms with E-state index in [4.69, 9.17) is 34.8 Å². The van der Waals surface area contributed by atoms with Gasteiger partial charge in [0.15, 0.2) is 0 Å². The van der Waals surface area contributed by atoms with Crippen molar-refractivity contribution in [1.29, 1.82) is 0 Å². The molecule has 0 aliphatic carbocycles. The van der Waals surface area contributed by atoms with Gasteiger partial charge in [0.1, 0.15) is 0 Å². The first-order chi connectivity index (χ1) is 9.56. The highest BCUT2D eigenvalue weighted by atomic mass is 35.5. The first kappa shape index (κ1) is 14.9. The molecule has 0 aliphatic heterocycles. The SMILES string of the molecule is O=C(N/N=C\c1ccc(Cl)cc1Cl)c1cccc(Cl)c1. The zero-order valence-corrected chi connectivity index (χ0v) is 12.4. The van der Waals surface area contributed by atoms with Crippen LogP contribution in [0.4, 0.5) is 0 Å². The maximum absolute atomic E-state index is 11.8. The van der Waals surface area contributed by atoms with Crippen molar-refractivity contribution in [2.24, 2.45) is 5.10 Å². The van der Waals surface area contributed by atoms with E-state index in [1.54, 1.807) is 42.5 Å². The van der Waals surface area contributed by atoms with E-state index in [2.05, 4.69) is 10.5 Å². The van der Waals surface area contributed by atoms with Crippen LogP contribution in [0, 0.1) is 0 Å². The van der Waals surface area contributed by atoms with Gasteiger partial charge in [-0.05, 0) is 30.3 Å². The molecule has 0 saturated carbocycles. The van der Waals surface area contributed by atoms with E-state index in [-0.39, 0.29) is 5.91 Å². The fraction of sp³-hybridized carbons (Fsp3) is 0. The first-order valence-corrected chi connectivity index (χ1v) is 6.73. The summed E-state index contributed by atoms with van der Waals surface area (Å²) >= 11 is 17.6. The Balaban J connectivity index is 2.04. The van der Waals surface area contributed by atoms with E-state index in [1.165, 1.54) is 6.21 Å². The minimum atomic E-state index is -0.353. The van der Waals surface area contributed by atoms with Gasteiger partial charge in [-0.1, -0.05) is 46.9 Å². The van der Waals surface area contributed by atoms with Crippen molar-refractivity contribution < 1.29 is 4.79 Å². The summed E-state index contributed by atoms with van der Waals surface area (Å²) in [4.78, 5) is 11.8. The summed E-state index contributed by atoms with van der Waals surface area (Å²) in [6, 6.07) is 11.6. The lowest BCUT2D eigenvalue weighted by Crippen LogP contribution is -2.17. The van der Waals surface area contributed by atoms with Crippen LogP contribution < -0.4 is 5.43 Å². The molecule has 0 atom stereocenters. The maximum Gasteiger partial charge on any atom is 0.271 e. The van der Waals surface area contributed by atoms with E-state index >= 15 is 0 Å². The molecule has 2 rings (SSSR count). The number of rotatable bonds is 3.